The molecule has 0 saturated heterocycles. The number of hydrogen-bond acceptors (Lipinski definition) is 0. The largest absolute Gasteiger partial charge is 0.208 e. The molecule has 0 bridgehead atoms. The Labute approximate surface area is 148 Å². The lowest BCUT2D eigenvalue weighted by atomic mass is 10.0. The smallest absolute Gasteiger partial charge is 0.156 e. The summed E-state index contributed by atoms with van der Waals surface area (Å²) >= 11 is 14.0. The topological polar surface area (TPSA) is 0 Å². The van der Waals surface area contributed by atoms with E-state index in [1.165, 1.54) is 27.1 Å². The number of halogens is 2. The van der Waals surface area contributed by atoms with E-state index in [0.717, 1.165) is 17.0 Å². The molecule has 4 rings (SSSR count). The fourth-order valence-corrected chi connectivity index (χ4v) is 8.93. The molecule has 2 aliphatic rings. The van der Waals surface area contributed by atoms with Gasteiger partial charge in [-0.2, -0.15) is 11.1 Å². The van der Waals surface area contributed by atoms with E-state index in [2.05, 4.69) is 68.1 Å². The summed E-state index contributed by atoms with van der Waals surface area (Å²) in [7, 11) is -2.28. The van der Waals surface area contributed by atoms with Gasteiger partial charge in [0.05, 0.1) is 0 Å². The van der Waals surface area contributed by atoms with E-state index in [-0.39, 0.29) is 0 Å². The lowest BCUT2D eigenvalue weighted by Gasteiger charge is -2.27. The van der Waals surface area contributed by atoms with Crippen LogP contribution in [0.1, 0.15) is 35.1 Å². The predicted molar refractivity (Wildman–Crippen MR) is 103 cm³/mol. The van der Waals surface area contributed by atoms with Gasteiger partial charge in [-0.3, -0.25) is 0 Å². The summed E-state index contributed by atoms with van der Waals surface area (Å²) < 4.78 is 0. The maximum absolute atomic E-state index is 7.25. The minimum atomic E-state index is -2.28. The first-order valence-electron chi connectivity index (χ1n) is 7.97. The highest BCUT2D eigenvalue weighted by atomic mass is 35.6. The summed E-state index contributed by atoms with van der Waals surface area (Å²) in [4.78, 5) is 0. The summed E-state index contributed by atoms with van der Waals surface area (Å²) in [5, 5.41) is 3.52. The van der Waals surface area contributed by atoms with E-state index in [0.29, 0.717) is 5.92 Å². The number of rotatable bonds is 2. The van der Waals surface area contributed by atoms with Gasteiger partial charge in [0, 0.05) is 11.0 Å². The first-order valence-corrected chi connectivity index (χ1v) is 11.9. The van der Waals surface area contributed by atoms with Gasteiger partial charge in [0.1, 0.15) is 0 Å². The van der Waals surface area contributed by atoms with Crippen LogP contribution in [0.2, 0.25) is 6.55 Å². The van der Waals surface area contributed by atoms with Crippen LogP contribution in [0, 0.1) is 0 Å². The standard InChI is InChI=1S/C20H18Cl2Si/c1-13-17-9-5-6-10-18(17)19(21)20(13)23(2,22)16-11-14-7-3-4-8-15(14)12-16/h3-11,13H,12H2,1-2H3. The monoisotopic (exact) mass is 356 g/mol. The Kier molecular flexibility index (Phi) is 3.56. The molecule has 0 aromatic heterocycles. The maximum Gasteiger partial charge on any atom is 0.208 e. The summed E-state index contributed by atoms with van der Waals surface area (Å²) in [5.41, 5.74) is 5.15. The summed E-state index contributed by atoms with van der Waals surface area (Å²) in [6.45, 7) is 4.46. The van der Waals surface area contributed by atoms with Crippen molar-refractivity contribution in [1.29, 1.82) is 0 Å². The number of allylic oxidation sites excluding steroid dienone is 2. The highest BCUT2D eigenvalue weighted by Crippen LogP contribution is 2.51. The van der Waals surface area contributed by atoms with Crippen LogP contribution in [0.15, 0.2) is 58.9 Å². The molecule has 0 amide bonds. The molecule has 0 radical (unpaired) electrons. The molecule has 2 aliphatic carbocycles. The van der Waals surface area contributed by atoms with Gasteiger partial charge in [-0.25, -0.2) is 0 Å². The molecule has 2 unspecified atom stereocenters. The molecule has 0 spiro atoms. The third-order valence-electron chi connectivity index (χ3n) is 5.21. The zero-order chi connectivity index (χ0) is 16.2. The minimum Gasteiger partial charge on any atom is -0.156 e. The number of fused-ring (bicyclic) bond motifs is 2. The fourth-order valence-electron chi connectivity index (χ4n) is 3.93. The van der Waals surface area contributed by atoms with Crippen molar-refractivity contribution < 1.29 is 0 Å². The van der Waals surface area contributed by atoms with Crippen LogP contribution in [0.25, 0.3) is 11.1 Å². The second-order valence-corrected chi connectivity index (χ2v) is 12.4. The van der Waals surface area contributed by atoms with Crippen LogP contribution in [-0.2, 0) is 6.42 Å². The van der Waals surface area contributed by atoms with E-state index in [1.807, 2.05) is 0 Å². The Bertz CT molecular complexity index is 861. The average molecular weight is 357 g/mol. The van der Waals surface area contributed by atoms with Crippen molar-refractivity contribution in [2.75, 3.05) is 0 Å². The SMILES string of the molecule is CC1C([Si](C)(Cl)C2=Cc3ccccc3C2)=C(Cl)c2ccccc21. The van der Waals surface area contributed by atoms with Crippen LogP contribution < -0.4 is 0 Å². The highest BCUT2D eigenvalue weighted by Gasteiger charge is 2.43. The van der Waals surface area contributed by atoms with E-state index >= 15 is 0 Å². The molecule has 116 valence electrons. The lowest BCUT2D eigenvalue weighted by Crippen LogP contribution is -2.31. The molecule has 0 fully saturated rings. The van der Waals surface area contributed by atoms with Gasteiger partial charge >= 0.3 is 0 Å². The summed E-state index contributed by atoms with van der Waals surface area (Å²) in [6.07, 6.45) is 3.25. The van der Waals surface area contributed by atoms with Gasteiger partial charge in [-0.15, -0.1) is 0 Å². The second kappa shape index (κ2) is 5.37. The Morgan fingerprint density at radius 2 is 1.74 bits per heavy atom. The third kappa shape index (κ3) is 2.26. The van der Waals surface area contributed by atoms with Crippen molar-refractivity contribution in [1.82, 2.24) is 0 Å². The summed E-state index contributed by atoms with van der Waals surface area (Å²) in [5.74, 6) is 0.303. The van der Waals surface area contributed by atoms with Crippen molar-refractivity contribution in [2.45, 2.75) is 25.8 Å². The molecule has 0 heterocycles. The third-order valence-corrected chi connectivity index (χ3v) is 10.3. The minimum absolute atomic E-state index is 0.303. The van der Waals surface area contributed by atoms with Crippen molar-refractivity contribution in [3.63, 3.8) is 0 Å². The Balaban J connectivity index is 1.78. The molecule has 0 saturated carbocycles. The Hall–Kier alpha value is -1.28. The van der Waals surface area contributed by atoms with Gasteiger partial charge in [0.15, 0.2) is 0 Å². The first-order chi connectivity index (χ1) is 11.0. The van der Waals surface area contributed by atoms with Crippen LogP contribution in [-0.4, -0.2) is 7.38 Å². The highest BCUT2D eigenvalue weighted by molar-refractivity contribution is 7.28. The second-order valence-electron chi connectivity index (χ2n) is 6.58. The molecule has 23 heavy (non-hydrogen) atoms. The Morgan fingerprint density at radius 3 is 2.48 bits per heavy atom. The van der Waals surface area contributed by atoms with Crippen molar-refractivity contribution in [3.8, 4) is 0 Å². The first kappa shape index (κ1) is 15.3. The van der Waals surface area contributed by atoms with Crippen molar-refractivity contribution in [2.24, 2.45) is 0 Å². The quantitative estimate of drug-likeness (QED) is 0.438. The summed E-state index contributed by atoms with van der Waals surface area (Å²) in [6, 6.07) is 17.0. The zero-order valence-electron chi connectivity index (χ0n) is 13.2. The van der Waals surface area contributed by atoms with Gasteiger partial charge in [-0.1, -0.05) is 78.3 Å². The molecule has 3 heteroatoms. The predicted octanol–water partition coefficient (Wildman–Crippen LogP) is 6.29. The van der Waals surface area contributed by atoms with E-state index in [1.54, 1.807) is 0 Å². The van der Waals surface area contributed by atoms with Crippen LogP contribution >= 0.6 is 22.7 Å². The molecule has 2 aromatic rings. The van der Waals surface area contributed by atoms with Crippen LogP contribution in [0.3, 0.4) is 0 Å². The normalized spacial score (nSPS) is 21.7. The molecular formula is C20H18Cl2Si. The number of benzene rings is 2. The van der Waals surface area contributed by atoms with Crippen molar-refractivity contribution in [3.05, 3.63) is 81.2 Å². The molecule has 2 atom stereocenters. The van der Waals surface area contributed by atoms with Gasteiger partial charge in [0.25, 0.3) is 0 Å². The van der Waals surface area contributed by atoms with Gasteiger partial charge in [0.2, 0.25) is 7.38 Å². The molecule has 0 aliphatic heterocycles. The zero-order valence-corrected chi connectivity index (χ0v) is 15.7. The van der Waals surface area contributed by atoms with Gasteiger partial charge < -0.3 is 0 Å². The molecule has 0 nitrogen and oxygen atoms in total. The van der Waals surface area contributed by atoms with E-state index in [4.69, 9.17) is 22.7 Å². The number of hydrogen-bond donors (Lipinski definition) is 0. The lowest BCUT2D eigenvalue weighted by molar-refractivity contribution is 0.962. The fraction of sp³-hybridized carbons (Fsp3) is 0.200. The van der Waals surface area contributed by atoms with Crippen LogP contribution in [0.5, 0.6) is 0 Å². The van der Waals surface area contributed by atoms with Crippen molar-refractivity contribution >= 4 is 41.2 Å². The van der Waals surface area contributed by atoms with E-state index < -0.39 is 7.38 Å². The molecule has 2 aromatic carbocycles. The van der Waals surface area contributed by atoms with E-state index in [9.17, 15) is 0 Å². The van der Waals surface area contributed by atoms with Crippen LogP contribution in [0.4, 0.5) is 0 Å². The Morgan fingerprint density at radius 1 is 1.04 bits per heavy atom. The maximum atomic E-state index is 7.25. The molecular weight excluding hydrogens is 339 g/mol. The molecule has 0 N–H and O–H groups in total. The average Bonchev–Trinajstić information content (AvgIpc) is 3.09. The van der Waals surface area contributed by atoms with Gasteiger partial charge in [-0.05, 0) is 40.4 Å².